The number of carbonyl (C=O) groups excluding carboxylic acids is 4. The van der Waals surface area contributed by atoms with E-state index in [-0.39, 0.29) is 43.8 Å². The lowest BCUT2D eigenvalue weighted by molar-refractivity contribution is -0.141. The van der Waals surface area contributed by atoms with Gasteiger partial charge < -0.3 is 41.2 Å². The Balaban J connectivity index is 3.44. The number of rotatable bonds is 30. The third-order valence-electron chi connectivity index (χ3n) is 6.69. The number of urea groups is 1. The summed E-state index contributed by atoms with van der Waals surface area (Å²) in [6, 6.07) is -1.16. The maximum atomic E-state index is 11.9. The summed E-state index contributed by atoms with van der Waals surface area (Å²) < 4.78 is 10.8. The minimum Gasteiger partial charge on any atom is -0.480 e. The quantitative estimate of drug-likeness (QED) is 0.0510. The third-order valence-corrected chi connectivity index (χ3v) is 6.69. The summed E-state index contributed by atoms with van der Waals surface area (Å²) in [5, 5.41) is 22.6. The Morgan fingerprint density at radius 2 is 1.18 bits per heavy atom. The van der Waals surface area contributed by atoms with Gasteiger partial charge in [-0.2, -0.15) is 0 Å². The molecule has 0 aromatic rings. The van der Waals surface area contributed by atoms with E-state index in [1.807, 2.05) is 0 Å². The SMILES string of the molecule is CCCCCNC(=O)NCCCC/C=C\CCCCCCC(=O)NCCOCCOCCNC(=O)CC[C@H](NC(C)=O)C(=O)O. The Hall–Kier alpha value is -3.19. The molecule has 0 spiro atoms. The second kappa shape index (κ2) is 30.8. The molecule has 0 fully saturated rings. The molecule has 5 amide bonds. The minimum absolute atomic E-state index is 0.00791. The number of allylic oxidation sites excluding steroid dienone is 2. The van der Waals surface area contributed by atoms with Crippen LogP contribution in [0.2, 0.25) is 0 Å². The van der Waals surface area contributed by atoms with E-state index in [1.54, 1.807) is 0 Å². The molecule has 1 atom stereocenters. The van der Waals surface area contributed by atoms with Crippen molar-refractivity contribution in [1.29, 1.82) is 0 Å². The molecule has 0 aromatic carbocycles. The van der Waals surface area contributed by atoms with Gasteiger partial charge in [0.1, 0.15) is 6.04 Å². The number of ether oxygens (including phenoxy) is 2. The number of aliphatic carboxylic acids is 1. The smallest absolute Gasteiger partial charge is 0.326 e. The van der Waals surface area contributed by atoms with Crippen LogP contribution in [0.1, 0.15) is 104 Å². The number of unbranched alkanes of at least 4 members (excludes halogenated alkanes) is 8. The molecule has 13 heteroatoms. The molecule has 45 heavy (non-hydrogen) atoms. The van der Waals surface area contributed by atoms with Gasteiger partial charge in [0.05, 0.1) is 26.4 Å². The highest BCUT2D eigenvalue weighted by Gasteiger charge is 2.19. The number of amides is 5. The first-order valence-corrected chi connectivity index (χ1v) is 16.6. The Labute approximate surface area is 269 Å². The minimum atomic E-state index is -1.18. The van der Waals surface area contributed by atoms with Crippen LogP contribution in [0, 0.1) is 0 Å². The van der Waals surface area contributed by atoms with Gasteiger partial charge in [0.25, 0.3) is 0 Å². The van der Waals surface area contributed by atoms with Crippen LogP contribution in [-0.2, 0) is 28.7 Å². The van der Waals surface area contributed by atoms with Crippen molar-refractivity contribution in [1.82, 2.24) is 26.6 Å². The zero-order chi connectivity index (χ0) is 33.4. The molecule has 0 aliphatic heterocycles. The van der Waals surface area contributed by atoms with Crippen LogP contribution in [0.3, 0.4) is 0 Å². The Bertz CT molecular complexity index is 840. The number of carbonyl (C=O) groups is 5. The van der Waals surface area contributed by atoms with E-state index in [2.05, 4.69) is 45.7 Å². The zero-order valence-electron chi connectivity index (χ0n) is 27.6. The maximum Gasteiger partial charge on any atom is 0.326 e. The second-order valence-corrected chi connectivity index (χ2v) is 10.9. The van der Waals surface area contributed by atoms with E-state index in [0.29, 0.717) is 39.3 Å². The van der Waals surface area contributed by atoms with Crippen LogP contribution in [-0.4, -0.2) is 93.5 Å². The van der Waals surface area contributed by atoms with Gasteiger partial charge in [-0.1, -0.05) is 44.8 Å². The summed E-state index contributed by atoms with van der Waals surface area (Å²) in [6.45, 7) is 6.93. The molecule has 0 rings (SSSR count). The van der Waals surface area contributed by atoms with E-state index in [9.17, 15) is 24.0 Å². The molecule has 0 unspecified atom stereocenters. The van der Waals surface area contributed by atoms with Crippen molar-refractivity contribution in [3.63, 3.8) is 0 Å². The van der Waals surface area contributed by atoms with Gasteiger partial charge in [-0.25, -0.2) is 9.59 Å². The van der Waals surface area contributed by atoms with E-state index < -0.39 is 17.9 Å². The van der Waals surface area contributed by atoms with Gasteiger partial charge in [0.2, 0.25) is 17.7 Å². The van der Waals surface area contributed by atoms with Gasteiger partial charge in [0.15, 0.2) is 0 Å². The third kappa shape index (κ3) is 30.6. The van der Waals surface area contributed by atoms with Crippen molar-refractivity contribution in [2.45, 2.75) is 110 Å². The average molecular weight is 642 g/mol. The van der Waals surface area contributed by atoms with Crippen molar-refractivity contribution < 1.29 is 38.6 Å². The standard InChI is InChI=1S/C32H59N5O8/c1-3-4-14-19-35-32(43)36-20-15-12-10-8-6-5-7-9-11-13-16-29(39)33-21-23-44-25-26-45-24-22-34-30(40)18-17-28(31(41)42)37-27(2)38/h6,8,28H,3-5,7,9-26H2,1-2H3,(H,33,39)(H,34,40)(H,37,38)(H,41,42)(H2,35,36,43)/b8-6-/t28-/m0/s1. The highest BCUT2D eigenvalue weighted by Crippen LogP contribution is 2.07. The highest BCUT2D eigenvalue weighted by atomic mass is 16.5. The number of hydrogen-bond acceptors (Lipinski definition) is 7. The van der Waals surface area contributed by atoms with E-state index in [0.717, 1.165) is 77.2 Å². The van der Waals surface area contributed by atoms with Crippen molar-refractivity contribution in [3.8, 4) is 0 Å². The van der Waals surface area contributed by atoms with Crippen molar-refractivity contribution >= 4 is 29.7 Å². The molecule has 0 saturated carbocycles. The lowest BCUT2D eigenvalue weighted by Crippen LogP contribution is -2.40. The molecule has 0 saturated heterocycles. The van der Waals surface area contributed by atoms with Crippen molar-refractivity contribution in [3.05, 3.63) is 12.2 Å². The van der Waals surface area contributed by atoms with Gasteiger partial charge in [-0.3, -0.25) is 14.4 Å². The monoisotopic (exact) mass is 641 g/mol. The van der Waals surface area contributed by atoms with Gasteiger partial charge in [0, 0.05) is 45.9 Å². The first-order valence-electron chi connectivity index (χ1n) is 16.6. The normalized spacial score (nSPS) is 11.6. The topological polar surface area (TPSA) is 184 Å². The first-order chi connectivity index (χ1) is 21.8. The molecule has 0 radical (unpaired) electrons. The summed E-state index contributed by atoms with van der Waals surface area (Å²) in [5.74, 6) is -1.93. The van der Waals surface area contributed by atoms with Gasteiger partial charge in [-0.15, -0.1) is 0 Å². The molecule has 260 valence electrons. The lowest BCUT2D eigenvalue weighted by atomic mass is 10.1. The number of nitrogens with one attached hydrogen (secondary N) is 5. The number of hydrogen-bond donors (Lipinski definition) is 6. The second-order valence-electron chi connectivity index (χ2n) is 10.9. The molecule has 0 heterocycles. The molecular formula is C32H59N5O8. The van der Waals surface area contributed by atoms with Crippen molar-refractivity contribution in [2.24, 2.45) is 0 Å². The van der Waals surface area contributed by atoms with E-state index in [1.165, 1.54) is 6.92 Å². The summed E-state index contributed by atoms with van der Waals surface area (Å²) in [6.07, 6.45) is 16.5. The molecular weight excluding hydrogens is 582 g/mol. The lowest BCUT2D eigenvalue weighted by Gasteiger charge is -2.13. The molecule has 0 aromatic heterocycles. The summed E-state index contributed by atoms with van der Waals surface area (Å²) in [5.41, 5.74) is 0. The fourth-order valence-corrected chi connectivity index (χ4v) is 4.17. The average Bonchev–Trinajstić information content (AvgIpc) is 3.00. The van der Waals surface area contributed by atoms with Crippen LogP contribution in [0.25, 0.3) is 0 Å². The van der Waals surface area contributed by atoms with Crippen LogP contribution in [0.4, 0.5) is 4.79 Å². The number of carboxylic acid groups (broad SMARTS) is 1. The van der Waals surface area contributed by atoms with E-state index in [4.69, 9.17) is 14.6 Å². The van der Waals surface area contributed by atoms with Crippen LogP contribution in [0.15, 0.2) is 12.2 Å². The fraction of sp³-hybridized carbons (Fsp3) is 0.781. The molecule has 13 nitrogen and oxygen atoms in total. The summed E-state index contributed by atoms with van der Waals surface area (Å²) in [4.78, 5) is 57.4. The van der Waals surface area contributed by atoms with Crippen LogP contribution in [0.5, 0.6) is 0 Å². The zero-order valence-corrected chi connectivity index (χ0v) is 27.6. The Morgan fingerprint density at radius 3 is 1.73 bits per heavy atom. The molecule has 0 bridgehead atoms. The summed E-state index contributed by atoms with van der Waals surface area (Å²) in [7, 11) is 0. The van der Waals surface area contributed by atoms with Crippen molar-refractivity contribution in [2.75, 3.05) is 52.6 Å². The van der Waals surface area contributed by atoms with Gasteiger partial charge >= 0.3 is 12.0 Å². The largest absolute Gasteiger partial charge is 0.480 e. The molecule has 0 aliphatic rings. The first kappa shape index (κ1) is 41.8. The van der Waals surface area contributed by atoms with Crippen LogP contribution < -0.4 is 26.6 Å². The molecule has 6 N–H and O–H groups in total. The fourth-order valence-electron chi connectivity index (χ4n) is 4.17. The predicted octanol–water partition coefficient (Wildman–Crippen LogP) is 3.18. The Morgan fingerprint density at radius 1 is 0.644 bits per heavy atom. The van der Waals surface area contributed by atoms with Crippen LogP contribution >= 0.6 is 0 Å². The predicted molar refractivity (Wildman–Crippen MR) is 174 cm³/mol. The highest BCUT2D eigenvalue weighted by molar-refractivity contribution is 5.83. The van der Waals surface area contributed by atoms with E-state index >= 15 is 0 Å². The molecule has 0 aliphatic carbocycles. The van der Waals surface area contributed by atoms with Gasteiger partial charge in [-0.05, 0) is 51.4 Å². The maximum absolute atomic E-state index is 11.9. The number of carboxylic acids is 1. The Kier molecular flexibility index (Phi) is 28.6. The summed E-state index contributed by atoms with van der Waals surface area (Å²) >= 11 is 0.